The average Bonchev–Trinajstić information content (AvgIpc) is 3.29. The summed E-state index contributed by atoms with van der Waals surface area (Å²) in [6.45, 7) is 3.06. The van der Waals surface area contributed by atoms with Gasteiger partial charge in [-0.15, -0.1) is 0 Å². The number of likely N-dealkylation sites (tertiary alicyclic amines) is 1. The number of carbonyl (C=O) groups is 2. The maximum absolute atomic E-state index is 12.7. The van der Waals surface area contributed by atoms with Gasteiger partial charge in [-0.3, -0.25) is 9.59 Å². The van der Waals surface area contributed by atoms with Crippen LogP contribution in [0.2, 0.25) is 0 Å². The SMILES string of the molecule is Cc1nc2cc(CNC(=O)C3CCC(=O)N(C4CCCC4)C3)ccc2n1C. The first kappa shape index (κ1) is 18.0. The minimum Gasteiger partial charge on any atom is -0.352 e. The second-order valence-corrected chi connectivity index (χ2v) is 7.98. The fourth-order valence-corrected chi connectivity index (χ4v) is 4.46. The minimum absolute atomic E-state index is 0.0581. The van der Waals surface area contributed by atoms with E-state index in [0.717, 1.165) is 35.3 Å². The third kappa shape index (κ3) is 3.57. The normalized spacial score (nSPS) is 21.2. The molecule has 6 heteroatoms. The summed E-state index contributed by atoms with van der Waals surface area (Å²) < 4.78 is 2.06. The number of amides is 2. The molecule has 27 heavy (non-hydrogen) atoms. The molecule has 144 valence electrons. The van der Waals surface area contributed by atoms with E-state index >= 15 is 0 Å². The molecule has 4 rings (SSSR count). The number of hydrogen-bond donors (Lipinski definition) is 1. The Kier molecular flexibility index (Phi) is 4.89. The standard InChI is InChI=1S/C21H28N4O2/c1-14-23-18-11-15(7-9-19(18)24(14)2)12-22-21(27)16-8-10-20(26)25(13-16)17-5-3-4-6-17/h7,9,11,16-17H,3-6,8,10,12-13H2,1-2H3,(H,22,27). The molecule has 0 radical (unpaired) electrons. The van der Waals surface area contributed by atoms with Gasteiger partial charge in [0.05, 0.1) is 17.0 Å². The summed E-state index contributed by atoms with van der Waals surface area (Å²) in [5.41, 5.74) is 3.10. The van der Waals surface area contributed by atoms with Crippen molar-refractivity contribution >= 4 is 22.8 Å². The maximum Gasteiger partial charge on any atom is 0.225 e. The van der Waals surface area contributed by atoms with E-state index in [2.05, 4.69) is 20.9 Å². The molecule has 2 aliphatic rings. The average molecular weight is 368 g/mol. The van der Waals surface area contributed by atoms with Crippen LogP contribution in [0.3, 0.4) is 0 Å². The van der Waals surface area contributed by atoms with Gasteiger partial charge in [-0.25, -0.2) is 4.98 Å². The highest BCUT2D eigenvalue weighted by Gasteiger charge is 2.35. The first-order valence-electron chi connectivity index (χ1n) is 10.0. The van der Waals surface area contributed by atoms with Crippen molar-refractivity contribution in [1.82, 2.24) is 19.8 Å². The highest BCUT2D eigenvalue weighted by atomic mass is 16.2. The molecule has 1 atom stereocenters. The molecule has 1 saturated heterocycles. The first-order valence-corrected chi connectivity index (χ1v) is 10.0. The lowest BCUT2D eigenvalue weighted by atomic mass is 9.94. The molecule has 6 nitrogen and oxygen atoms in total. The Hall–Kier alpha value is -2.37. The van der Waals surface area contributed by atoms with Gasteiger partial charge in [-0.2, -0.15) is 0 Å². The number of rotatable bonds is 4. The number of nitrogens with one attached hydrogen (secondary N) is 1. The lowest BCUT2D eigenvalue weighted by Crippen LogP contribution is -2.49. The third-order valence-corrected chi connectivity index (χ3v) is 6.22. The maximum atomic E-state index is 12.7. The Morgan fingerprint density at radius 2 is 2.04 bits per heavy atom. The van der Waals surface area contributed by atoms with Crippen molar-refractivity contribution in [2.75, 3.05) is 6.54 Å². The van der Waals surface area contributed by atoms with Crippen molar-refractivity contribution in [3.63, 3.8) is 0 Å². The Labute approximate surface area is 159 Å². The van der Waals surface area contributed by atoms with Crippen molar-refractivity contribution in [1.29, 1.82) is 0 Å². The van der Waals surface area contributed by atoms with Gasteiger partial charge in [-0.1, -0.05) is 18.9 Å². The monoisotopic (exact) mass is 368 g/mol. The Balaban J connectivity index is 1.38. The van der Waals surface area contributed by atoms with Crippen molar-refractivity contribution in [2.24, 2.45) is 13.0 Å². The van der Waals surface area contributed by atoms with Gasteiger partial charge in [0.15, 0.2) is 0 Å². The highest BCUT2D eigenvalue weighted by molar-refractivity contribution is 5.84. The van der Waals surface area contributed by atoms with Crippen LogP contribution in [-0.2, 0) is 23.2 Å². The van der Waals surface area contributed by atoms with Crippen LogP contribution in [0, 0.1) is 12.8 Å². The molecule has 1 aromatic carbocycles. The summed E-state index contributed by atoms with van der Waals surface area (Å²) >= 11 is 0. The number of aromatic nitrogens is 2. The third-order valence-electron chi connectivity index (χ3n) is 6.22. The van der Waals surface area contributed by atoms with Crippen LogP contribution < -0.4 is 5.32 Å². The molecule has 1 aliphatic carbocycles. The zero-order valence-corrected chi connectivity index (χ0v) is 16.2. The van der Waals surface area contributed by atoms with E-state index in [1.54, 1.807) is 0 Å². The lowest BCUT2D eigenvalue weighted by Gasteiger charge is -2.36. The van der Waals surface area contributed by atoms with E-state index < -0.39 is 0 Å². The van der Waals surface area contributed by atoms with Gasteiger partial charge in [0.25, 0.3) is 0 Å². The van der Waals surface area contributed by atoms with Gasteiger partial charge in [0.1, 0.15) is 5.82 Å². The van der Waals surface area contributed by atoms with E-state index in [-0.39, 0.29) is 17.7 Å². The molecule has 1 unspecified atom stereocenters. The van der Waals surface area contributed by atoms with Crippen LogP contribution in [0.25, 0.3) is 11.0 Å². The van der Waals surface area contributed by atoms with Crippen LogP contribution >= 0.6 is 0 Å². The molecule has 1 aromatic heterocycles. The molecule has 0 bridgehead atoms. The van der Waals surface area contributed by atoms with E-state index in [4.69, 9.17) is 0 Å². The number of aryl methyl sites for hydroxylation is 2. The van der Waals surface area contributed by atoms with Gasteiger partial charge in [0, 0.05) is 32.6 Å². The molecule has 1 saturated carbocycles. The quantitative estimate of drug-likeness (QED) is 0.902. The summed E-state index contributed by atoms with van der Waals surface area (Å²) in [4.78, 5) is 31.5. The Morgan fingerprint density at radius 1 is 1.26 bits per heavy atom. The number of piperidine rings is 1. The molecule has 2 aromatic rings. The summed E-state index contributed by atoms with van der Waals surface area (Å²) in [5.74, 6) is 1.17. The molecule has 1 aliphatic heterocycles. The number of fused-ring (bicyclic) bond motifs is 1. The van der Waals surface area contributed by atoms with E-state index in [1.807, 2.05) is 31.0 Å². The second kappa shape index (κ2) is 7.33. The molecular formula is C21H28N4O2. The van der Waals surface area contributed by atoms with Crippen LogP contribution in [0.4, 0.5) is 0 Å². The molecule has 2 fully saturated rings. The summed E-state index contributed by atoms with van der Waals surface area (Å²) in [7, 11) is 2.01. The smallest absolute Gasteiger partial charge is 0.225 e. The molecule has 1 N–H and O–H groups in total. The van der Waals surface area contributed by atoms with Crippen molar-refractivity contribution < 1.29 is 9.59 Å². The van der Waals surface area contributed by atoms with Gasteiger partial charge < -0.3 is 14.8 Å². The predicted molar refractivity (Wildman–Crippen MR) is 104 cm³/mol. The molecular weight excluding hydrogens is 340 g/mol. The van der Waals surface area contributed by atoms with Gasteiger partial charge in [-0.05, 0) is 43.9 Å². The van der Waals surface area contributed by atoms with Crippen molar-refractivity contribution in [3.8, 4) is 0 Å². The second-order valence-electron chi connectivity index (χ2n) is 7.98. The minimum atomic E-state index is -0.0934. The number of hydrogen-bond acceptors (Lipinski definition) is 3. The fourth-order valence-electron chi connectivity index (χ4n) is 4.46. The Bertz CT molecular complexity index is 866. The van der Waals surface area contributed by atoms with E-state index in [0.29, 0.717) is 32.0 Å². The van der Waals surface area contributed by atoms with Crippen LogP contribution in [0.15, 0.2) is 18.2 Å². The van der Waals surface area contributed by atoms with E-state index in [9.17, 15) is 9.59 Å². The summed E-state index contributed by atoms with van der Waals surface area (Å²) in [6.07, 6.45) is 5.72. The van der Waals surface area contributed by atoms with Crippen LogP contribution in [-0.4, -0.2) is 38.9 Å². The largest absolute Gasteiger partial charge is 0.352 e. The summed E-state index contributed by atoms with van der Waals surface area (Å²) in [5, 5.41) is 3.07. The zero-order valence-electron chi connectivity index (χ0n) is 16.2. The summed E-state index contributed by atoms with van der Waals surface area (Å²) in [6, 6.07) is 6.48. The van der Waals surface area contributed by atoms with Gasteiger partial charge in [0.2, 0.25) is 11.8 Å². The number of imidazole rings is 1. The zero-order chi connectivity index (χ0) is 19.0. The predicted octanol–water partition coefficient (Wildman–Crippen LogP) is 2.68. The lowest BCUT2D eigenvalue weighted by molar-refractivity contribution is -0.140. The first-order chi connectivity index (χ1) is 13.0. The number of benzene rings is 1. The van der Waals surface area contributed by atoms with Crippen molar-refractivity contribution in [3.05, 3.63) is 29.6 Å². The van der Waals surface area contributed by atoms with Crippen LogP contribution in [0.1, 0.15) is 49.9 Å². The topological polar surface area (TPSA) is 67.2 Å². The van der Waals surface area contributed by atoms with Crippen molar-refractivity contribution in [2.45, 2.75) is 58.0 Å². The van der Waals surface area contributed by atoms with Crippen LogP contribution in [0.5, 0.6) is 0 Å². The molecule has 2 amide bonds. The fraction of sp³-hybridized carbons (Fsp3) is 0.571. The molecule has 0 spiro atoms. The highest BCUT2D eigenvalue weighted by Crippen LogP contribution is 2.28. The number of nitrogens with zero attached hydrogens (tertiary/aromatic N) is 3. The number of carbonyl (C=O) groups excluding carboxylic acids is 2. The van der Waals surface area contributed by atoms with Gasteiger partial charge >= 0.3 is 0 Å². The van der Waals surface area contributed by atoms with E-state index in [1.165, 1.54) is 12.8 Å². The molecule has 2 heterocycles. The Morgan fingerprint density at radius 3 is 2.81 bits per heavy atom.